The Labute approximate surface area is 111 Å². The zero-order chi connectivity index (χ0) is 13.8. The fourth-order valence-corrected chi connectivity index (χ4v) is 2.14. The van der Waals surface area contributed by atoms with Crippen LogP contribution in [0.15, 0.2) is 17.5 Å². The number of likely N-dealkylation sites (N-methyl/N-ethyl adjacent to an activating group) is 1. The highest BCUT2D eigenvalue weighted by Gasteiger charge is 2.31. The minimum Gasteiger partial charge on any atom is -0.481 e. The number of nitrogens with zero attached hydrogens (tertiary/aromatic N) is 1. The topological polar surface area (TPSA) is 57.6 Å². The molecule has 1 aromatic heterocycles. The monoisotopic (exact) mass is 269 g/mol. The van der Waals surface area contributed by atoms with Crippen molar-refractivity contribution in [2.75, 3.05) is 13.6 Å². The van der Waals surface area contributed by atoms with Crippen molar-refractivity contribution >= 4 is 23.2 Å². The van der Waals surface area contributed by atoms with E-state index in [2.05, 4.69) is 0 Å². The molecule has 4 nitrogen and oxygen atoms in total. The highest BCUT2D eigenvalue weighted by atomic mass is 32.1. The van der Waals surface area contributed by atoms with Gasteiger partial charge in [-0.1, -0.05) is 6.07 Å². The predicted molar refractivity (Wildman–Crippen MR) is 71.7 cm³/mol. The van der Waals surface area contributed by atoms with E-state index < -0.39 is 11.4 Å². The molecule has 0 saturated heterocycles. The molecule has 18 heavy (non-hydrogen) atoms. The van der Waals surface area contributed by atoms with Gasteiger partial charge in [0, 0.05) is 24.9 Å². The van der Waals surface area contributed by atoms with Gasteiger partial charge >= 0.3 is 5.97 Å². The fraction of sp³-hybridized carbons (Fsp3) is 0.538. The van der Waals surface area contributed by atoms with Crippen LogP contribution in [0.4, 0.5) is 0 Å². The van der Waals surface area contributed by atoms with Gasteiger partial charge in [-0.3, -0.25) is 9.59 Å². The molecule has 0 aliphatic rings. The second kappa shape index (κ2) is 6.00. The molecule has 0 unspecified atom stereocenters. The number of carboxylic acids is 1. The minimum absolute atomic E-state index is 0.0310. The van der Waals surface area contributed by atoms with Crippen LogP contribution in [0.3, 0.4) is 0 Å². The standard InChI is InChI=1S/C13H19NO3S/c1-13(2,12(16)17)9-11(15)14(3)7-6-10-5-4-8-18-10/h4-5,8H,6-7,9H2,1-3H3,(H,16,17). The summed E-state index contributed by atoms with van der Waals surface area (Å²) in [6.07, 6.45) is 0.844. The summed E-state index contributed by atoms with van der Waals surface area (Å²) in [4.78, 5) is 25.7. The van der Waals surface area contributed by atoms with Gasteiger partial charge in [-0.15, -0.1) is 11.3 Å². The van der Waals surface area contributed by atoms with E-state index in [1.807, 2.05) is 17.5 Å². The third kappa shape index (κ3) is 4.14. The molecule has 0 fully saturated rings. The lowest BCUT2D eigenvalue weighted by Crippen LogP contribution is -2.35. The first-order valence-corrected chi connectivity index (χ1v) is 6.70. The second-order valence-corrected chi connectivity index (χ2v) is 6.04. The maximum absolute atomic E-state index is 11.9. The maximum atomic E-state index is 11.9. The van der Waals surface area contributed by atoms with E-state index >= 15 is 0 Å². The van der Waals surface area contributed by atoms with Crippen LogP contribution in [0.2, 0.25) is 0 Å². The second-order valence-electron chi connectivity index (χ2n) is 5.01. The molecule has 1 aromatic rings. The largest absolute Gasteiger partial charge is 0.481 e. The summed E-state index contributed by atoms with van der Waals surface area (Å²) in [7, 11) is 1.72. The van der Waals surface area contributed by atoms with Crippen molar-refractivity contribution in [3.05, 3.63) is 22.4 Å². The summed E-state index contributed by atoms with van der Waals surface area (Å²) in [6.45, 7) is 3.76. The number of hydrogen-bond acceptors (Lipinski definition) is 3. The van der Waals surface area contributed by atoms with Crippen LogP contribution in [-0.4, -0.2) is 35.5 Å². The van der Waals surface area contributed by atoms with Gasteiger partial charge in [0.15, 0.2) is 0 Å². The molecule has 0 aromatic carbocycles. The predicted octanol–water partition coefficient (Wildman–Crippen LogP) is 2.25. The third-order valence-electron chi connectivity index (χ3n) is 2.87. The Morgan fingerprint density at radius 2 is 2.11 bits per heavy atom. The van der Waals surface area contributed by atoms with Crippen LogP contribution in [0.25, 0.3) is 0 Å². The van der Waals surface area contributed by atoms with Crippen molar-refractivity contribution in [1.29, 1.82) is 0 Å². The molecule has 0 aliphatic heterocycles. The van der Waals surface area contributed by atoms with E-state index in [0.29, 0.717) is 6.54 Å². The summed E-state index contributed by atoms with van der Waals surface area (Å²) >= 11 is 1.66. The lowest BCUT2D eigenvalue weighted by atomic mass is 9.89. The van der Waals surface area contributed by atoms with Crippen molar-refractivity contribution < 1.29 is 14.7 Å². The van der Waals surface area contributed by atoms with Crippen molar-refractivity contribution in [2.45, 2.75) is 26.7 Å². The molecule has 1 amide bonds. The molecule has 5 heteroatoms. The molecule has 0 spiro atoms. The quantitative estimate of drug-likeness (QED) is 0.861. The van der Waals surface area contributed by atoms with Crippen LogP contribution < -0.4 is 0 Å². The maximum Gasteiger partial charge on any atom is 0.309 e. The Bertz CT molecular complexity index is 412. The Kier molecular flexibility index (Phi) is 4.90. The molecule has 1 N–H and O–H groups in total. The van der Waals surface area contributed by atoms with Crippen molar-refractivity contribution in [2.24, 2.45) is 5.41 Å². The SMILES string of the molecule is CN(CCc1cccs1)C(=O)CC(C)(C)C(=O)O. The van der Waals surface area contributed by atoms with Gasteiger partial charge in [-0.05, 0) is 31.7 Å². The van der Waals surface area contributed by atoms with Crippen molar-refractivity contribution in [3.63, 3.8) is 0 Å². The van der Waals surface area contributed by atoms with Crippen molar-refractivity contribution in [3.8, 4) is 0 Å². The lowest BCUT2D eigenvalue weighted by molar-refractivity contribution is -0.151. The number of carbonyl (C=O) groups excluding carboxylic acids is 1. The summed E-state index contributed by atoms with van der Waals surface area (Å²) in [6, 6.07) is 4.01. The molecular weight excluding hydrogens is 250 g/mol. The van der Waals surface area contributed by atoms with Crippen LogP contribution in [0.1, 0.15) is 25.1 Å². The van der Waals surface area contributed by atoms with Crippen LogP contribution in [-0.2, 0) is 16.0 Å². The van der Waals surface area contributed by atoms with Crippen LogP contribution in [0, 0.1) is 5.41 Å². The number of carboxylic acid groups (broad SMARTS) is 1. The summed E-state index contributed by atoms with van der Waals surface area (Å²) < 4.78 is 0. The van der Waals surface area contributed by atoms with Gasteiger partial charge in [0.1, 0.15) is 0 Å². The van der Waals surface area contributed by atoms with E-state index in [-0.39, 0.29) is 12.3 Å². The van der Waals surface area contributed by atoms with E-state index in [1.165, 1.54) is 4.88 Å². The van der Waals surface area contributed by atoms with E-state index in [4.69, 9.17) is 5.11 Å². The van der Waals surface area contributed by atoms with E-state index in [0.717, 1.165) is 6.42 Å². The van der Waals surface area contributed by atoms with Gasteiger partial charge < -0.3 is 10.0 Å². The molecule has 0 aliphatic carbocycles. The number of carbonyl (C=O) groups is 2. The first kappa shape index (κ1) is 14.7. The summed E-state index contributed by atoms with van der Waals surface area (Å²) in [5.74, 6) is -1.07. The average molecular weight is 269 g/mol. The van der Waals surface area contributed by atoms with Crippen LogP contribution in [0.5, 0.6) is 0 Å². The molecule has 100 valence electrons. The average Bonchev–Trinajstić information content (AvgIpc) is 2.77. The molecule has 0 bridgehead atoms. The smallest absolute Gasteiger partial charge is 0.309 e. The molecule has 0 radical (unpaired) electrons. The molecule has 0 saturated carbocycles. The Morgan fingerprint density at radius 1 is 1.44 bits per heavy atom. The van der Waals surface area contributed by atoms with E-state index in [9.17, 15) is 9.59 Å². The summed E-state index contributed by atoms with van der Waals surface area (Å²) in [5.41, 5.74) is -1.01. The number of aliphatic carboxylic acids is 1. The van der Waals surface area contributed by atoms with Gasteiger partial charge in [0.25, 0.3) is 0 Å². The highest BCUT2D eigenvalue weighted by molar-refractivity contribution is 7.09. The molecule has 1 rings (SSSR count). The van der Waals surface area contributed by atoms with Crippen LogP contribution >= 0.6 is 11.3 Å². The number of rotatable bonds is 6. The zero-order valence-corrected chi connectivity index (χ0v) is 11.8. The Balaban J connectivity index is 2.44. The number of thiophene rings is 1. The first-order valence-electron chi connectivity index (χ1n) is 5.82. The minimum atomic E-state index is -1.01. The van der Waals surface area contributed by atoms with Gasteiger partial charge in [0.05, 0.1) is 5.41 Å². The molecule has 0 atom stereocenters. The van der Waals surface area contributed by atoms with E-state index in [1.54, 1.807) is 37.1 Å². The fourth-order valence-electron chi connectivity index (χ4n) is 1.45. The van der Waals surface area contributed by atoms with Gasteiger partial charge in [0.2, 0.25) is 5.91 Å². The lowest BCUT2D eigenvalue weighted by Gasteiger charge is -2.23. The van der Waals surface area contributed by atoms with Crippen molar-refractivity contribution in [1.82, 2.24) is 4.90 Å². The normalized spacial score (nSPS) is 11.3. The summed E-state index contributed by atoms with van der Waals surface area (Å²) in [5, 5.41) is 11.0. The zero-order valence-electron chi connectivity index (χ0n) is 11.0. The third-order valence-corrected chi connectivity index (χ3v) is 3.81. The molecular formula is C13H19NO3S. The van der Waals surface area contributed by atoms with Gasteiger partial charge in [-0.25, -0.2) is 0 Å². The highest BCUT2D eigenvalue weighted by Crippen LogP contribution is 2.21. The van der Waals surface area contributed by atoms with Gasteiger partial charge in [-0.2, -0.15) is 0 Å². The number of hydrogen-bond donors (Lipinski definition) is 1. The Hall–Kier alpha value is -1.36. The number of amides is 1. The Morgan fingerprint density at radius 3 is 2.61 bits per heavy atom. The first-order chi connectivity index (χ1) is 8.33. The molecule has 1 heterocycles.